The van der Waals surface area contributed by atoms with Gasteiger partial charge in [-0.2, -0.15) is 0 Å². The van der Waals surface area contributed by atoms with E-state index in [1.807, 2.05) is 30.3 Å². The van der Waals surface area contributed by atoms with Gasteiger partial charge in [0.2, 0.25) is 10.0 Å². The maximum absolute atomic E-state index is 11.8. The second kappa shape index (κ2) is 5.99. The molecule has 0 aliphatic heterocycles. The highest BCUT2D eigenvalue weighted by Gasteiger charge is 2.16. The molecule has 2 rings (SSSR count). The molecule has 0 spiro atoms. The van der Waals surface area contributed by atoms with Crippen molar-refractivity contribution in [2.24, 2.45) is 0 Å². The summed E-state index contributed by atoms with van der Waals surface area (Å²) in [5.41, 5.74) is 0.927. The number of nitrogens with one attached hydrogen (secondary N) is 1. The summed E-state index contributed by atoms with van der Waals surface area (Å²) in [6, 6.07) is 12.6. The Morgan fingerprint density at radius 3 is 2.47 bits per heavy atom. The van der Waals surface area contributed by atoms with E-state index in [0.29, 0.717) is 11.3 Å². The number of carbonyl (C=O) groups excluding carboxylic acids is 1. The van der Waals surface area contributed by atoms with E-state index in [9.17, 15) is 13.2 Å². The number of benzene rings is 1. The van der Waals surface area contributed by atoms with Crippen molar-refractivity contribution in [3.8, 4) is 0 Å². The maximum atomic E-state index is 11.8. The summed E-state index contributed by atoms with van der Waals surface area (Å²) < 4.78 is 25.6. The van der Waals surface area contributed by atoms with Gasteiger partial charge in [-0.15, -0.1) is 11.3 Å². The highest BCUT2D eigenvalue weighted by molar-refractivity contribution is 7.90. The van der Waals surface area contributed by atoms with Gasteiger partial charge in [0.25, 0.3) is 5.91 Å². The summed E-state index contributed by atoms with van der Waals surface area (Å²) in [4.78, 5) is 12.0. The van der Waals surface area contributed by atoms with E-state index >= 15 is 0 Å². The van der Waals surface area contributed by atoms with Crippen molar-refractivity contribution in [1.29, 1.82) is 0 Å². The summed E-state index contributed by atoms with van der Waals surface area (Å²) in [6.07, 6.45) is 0.383. The smallest absolute Gasteiger partial charge is 0.267 e. The molecule has 1 amide bonds. The molecule has 2 aromatic rings. The van der Waals surface area contributed by atoms with Crippen LogP contribution in [0.4, 0.5) is 0 Å². The largest absolute Gasteiger partial charge is 0.274 e. The van der Waals surface area contributed by atoms with Crippen LogP contribution in [0.1, 0.15) is 15.2 Å². The average molecular weight is 295 g/mol. The number of hydrogen-bond donors (Lipinski definition) is 1. The maximum Gasteiger partial charge on any atom is 0.274 e. The number of thiophene rings is 1. The third-order valence-corrected chi connectivity index (χ3v) is 4.60. The molecule has 6 heteroatoms. The Morgan fingerprint density at radius 2 is 1.84 bits per heavy atom. The molecule has 0 unspecified atom stereocenters. The molecule has 0 saturated heterocycles. The van der Waals surface area contributed by atoms with Gasteiger partial charge in [-0.3, -0.25) is 4.79 Å². The first-order chi connectivity index (χ1) is 9.07. The van der Waals surface area contributed by atoms with Crippen LogP contribution in [0.15, 0.2) is 47.8 Å². The number of carbonyl (C=O) groups is 1. The lowest BCUT2D eigenvalue weighted by atomic mass is 10.2. The van der Waals surface area contributed by atoms with Crippen molar-refractivity contribution in [2.75, 3.05) is 5.75 Å². The Balaban J connectivity index is 1.94. The monoisotopic (exact) mass is 295 g/mol. The number of sulfonamides is 1. The topological polar surface area (TPSA) is 63.2 Å². The SMILES string of the molecule is O=C(NS(=O)(=O)CCc1ccccc1)c1cccs1. The highest BCUT2D eigenvalue weighted by Crippen LogP contribution is 2.09. The zero-order valence-electron chi connectivity index (χ0n) is 10.1. The Labute approximate surface area is 116 Å². The van der Waals surface area contributed by atoms with E-state index in [2.05, 4.69) is 4.72 Å². The molecule has 1 N–H and O–H groups in total. The van der Waals surface area contributed by atoms with E-state index < -0.39 is 15.9 Å². The van der Waals surface area contributed by atoms with E-state index in [0.717, 1.165) is 5.56 Å². The zero-order chi connectivity index (χ0) is 13.7. The molecule has 1 heterocycles. The van der Waals surface area contributed by atoms with Crippen LogP contribution in [0.2, 0.25) is 0 Å². The first-order valence-electron chi connectivity index (χ1n) is 5.69. The van der Waals surface area contributed by atoms with E-state index in [4.69, 9.17) is 0 Å². The van der Waals surface area contributed by atoms with Crippen LogP contribution < -0.4 is 4.72 Å². The van der Waals surface area contributed by atoms with Gasteiger partial charge in [0.05, 0.1) is 10.6 Å². The van der Waals surface area contributed by atoms with Crippen molar-refractivity contribution >= 4 is 27.3 Å². The molecular formula is C13H13NO3S2. The highest BCUT2D eigenvalue weighted by atomic mass is 32.2. The normalized spacial score (nSPS) is 11.2. The predicted octanol–water partition coefficient (Wildman–Crippen LogP) is 2.05. The summed E-state index contributed by atoms with van der Waals surface area (Å²) in [5, 5.41) is 1.73. The fraction of sp³-hybridized carbons (Fsp3) is 0.154. The molecule has 0 aliphatic carbocycles. The standard InChI is InChI=1S/C13H13NO3S2/c15-13(12-7-4-9-18-12)14-19(16,17)10-8-11-5-2-1-3-6-11/h1-7,9H,8,10H2,(H,14,15). The first-order valence-corrected chi connectivity index (χ1v) is 8.22. The lowest BCUT2D eigenvalue weighted by Gasteiger charge is -2.05. The average Bonchev–Trinajstić information content (AvgIpc) is 2.91. The quantitative estimate of drug-likeness (QED) is 0.918. The van der Waals surface area contributed by atoms with Crippen LogP contribution in [0, 0.1) is 0 Å². The van der Waals surface area contributed by atoms with E-state index in [1.165, 1.54) is 11.3 Å². The Kier molecular flexibility index (Phi) is 4.34. The lowest BCUT2D eigenvalue weighted by Crippen LogP contribution is -2.32. The molecule has 0 fully saturated rings. The van der Waals surface area contributed by atoms with Gasteiger partial charge in [0, 0.05) is 0 Å². The third kappa shape index (κ3) is 4.18. The van der Waals surface area contributed by atoms with Crippen LogP contribution in [-0.2, 0) is 16.4 Å². The molecular weight excluding hydrogens is 282 g/mol. The number of rotatable bonds is 5. The van der Waals surface area contributed by atoms with Crippen molar-refractivity contribution in [3.63, 3.8) is 0 Å². The van der Waals surface area contributed by atoms with Crippen molar-refractivity contribution in [3.05, 3.63) is 58.3 Å². The molecule has 1 aromatic heterocycles. The van der Waals surface area contributed by atoms with Gasteiger partial charge in [-0.1, -0.05) is 36.4 Å². The van der Waals surface area contributed by atoms with Gasteiger partial charge in [-0.25, -0.2) is 13.1 Å². The second-order valence-corrected chi connectivity index (χ2v) is 6.75. The Hall–Kier alpha value is -1.66. The molecule has 100 valence electrons. The summed E-state index contributed by atoms with van der Waals surface area (Å²) >= 11 is 1.21. The molecule has 0 saturated carbocycles. The van der Waals surface area contributed by atoms with Gasteiger partial charge < -0.3 is 0 Å². The fourth-order valence-electron chi connectivity index (χ4n) is 1.55. The summed E-state index contributed by atoms with van der Waals surface area (Å²) in [6.45, 7) is 0. The number of hydrogen-bond acceptors (Lipinski definition) is 4. The van der Waals surface area contributed by atoms with Crippen LogP contribution in [0.25, 0.3) is 0 Å². The number of amides is 1. The van der Waals surface area contributed by atoms with E-state index in [1.54, 1.807) is 17.5 Å². The van der Waals surface area contributed by atoms with Crippen molar-refractivity contribution in [1.82, 2.24) is 4.72 Å². The molecule has 0 bridgehead atoms. The summed E-state index contributed by atoms with van der Waals surface area (Å²) in [5.74, 6) is -0.670. The van der Waals surface area contributed by atoms with Crippen molar-refractivity contribution < 1.29 is 13.2 Å². The van der Waals surface area contributed by atoms with Crippen LogP contribution in [-0.4, -0.2) is 20.1 Å². The second-order valence-electron chi connectivity index (χ2n) is 3.96. The van der Waals surface area contributed by atoms with Crippen LogP contribution in [0.3, 0.4) is 0 Å². The molecule has 0 aliphatic rings. The minimum Gasteiger partial charge on any atom is -0.267 e. The van der Waals surface area contributed by atoms with Crippen molar-refractivity contribution in [2.45, 2.75) is 6.42 Å². The lowest BCUT2D eigenvalue weighted by molar-refractivity contribution is 0.0985. The van der Waals surface area contributed by atoms with Crippen LogP contribution >= 0.6 is 11.3 Å². The summed E-state index contributed by atoms with van der Waals surface area (Å²) in [7, 11) is -3.60. The third-order valence-electron chi connectivity index (χ3n) is 2.50. The molecule has 0 atom stereocenters. The molecule has 4 nitrogen and oxygen atoms in total. The Bertz CT molecular complexity index is 634. The minimum atomic E-state index is -3.60. The van der Waals surface area contributed by atoms with Gasteiger partial charge in [0.15, 0.2) is 0 Å². The molecule has 1 aromatic carbocycles. The van der Waals surface area contributed by atoms with Crippen LogP contribution in [0.5, 0.6) is 0 Å². The minimum absolute atomic E-state index is 0.103. The van der Waals surface area contributed by atoms with Gasteiger partial charge in [0.1, 0.15) is 0 Å². The predicted molar refractivity (Wildman–Crippen MR) is 75.7 cm³/mol. The zero-order valence-corrected chi connectivity index (χ0v) is 11.7. The molecule has 0 radical (unpaired) electrons. The number of aryl methyl sites for hydroxylation is 1. The van der Waals surface area contributed by atoms with Gasteiger partial charge >= 0.3 is 0 Å². The Morgan fingerprint density at radius 1 is 1.11 bits per heavy atom. The van der Waals surface area contributed by atoms with Gasteiger partial charge in [-0.05, 0) is 23.4 Å². The first kappa shape index (κ1) is 13.8. The molecule has 19 heavy (non-hydrogen) atoms. The van der Waals surface area contributed by atoms with E-state index in [-0.39, 0.29) is 5.75 Å². The fourth-order valence-corrected chi connectivity index (χ4v) is 3.23.